The first-order valence-corrected chi connectivity index (χ1v) is 6.88. The first kappa shape index (κ1) is 16.2. The van der Waals surface area contributed by atoms with E-state index in [-0.39, 0.29) is 11.6 Å². The predicted octanol–water partition coefficient (Wildman–Crippen LogP) is 3.73. The van der Waals surface area contributed by atoms with Gasteiger partial charge in [0.15, 0.2) is 0 Å². The lowest BCUT2D eigenvalue weighted by molar-refractivity contribution is -0.384. The number of nitro benzene ring substituents is 1. The van der Waals surface area contributed by atoms with Crippen molar-refractivity contribution in [2.24, 2.45) is 0 Å². The van der Waals surface area contributed by atoms with E-state index in [9.17, 15) is 14.9 Å². The van der Waals surface area contributed by atoms with Gasteiger partial charge in [0.05, 0.1) is 17.7 Å². The minimum atomic E-state index is -0.434. The van der Waals surface area contributed by atoms with Crippen LogP contribution in [0.4, 0.5) is 11.4 Å². The molecule has 0 spiro atoms. The van der Waals surface area contributed by atoms with E-state index in [0.29, 0.717) is 11.4 Å². The van der Waals surface area contributed by atoms with Crippen molar-refractivity contribution in [2.75, 3.05) is 12.4 Å². The lowest BCUT2D eigenvalue weighted by atomic mass is 10.1. The molecular weight excluding hydrogens is 296 g/mol. The average molecular weight is 312 g/mol. The Morgan fingerprint density at radius 3 is 2.30 bits per heavy atom. The Balaban J connectivity index is 2.21. The van der Waals surface area contributed by atoms with Crippen LogP contribution in [0.1, 0.15) is 18.1 Å². The fourth-order valence-electron chi connectivity index (χ4n) is 2.02. The van der Waals surface area contributed by atoms with Gasteiger partial charge in [-0.25, -0.2) is 0 Å². The standard InChI is InChI=1S/C17H16N2O4/c1-12(20)18-16-11-14(7-10-17(16)23-2)4-3-13-5-8-15(9-6-13)19(21)22/h3-11H,1-2H3,(H,18,20)/b4-3+. The van der Waals surface area contributed by atoms with E-state index in [1.54, 1.807) is 24.3 Å². The van der Waals surface area contributed by atoms with E-state index >= 15 is 0 Å². The molecule has 0 heterocycles. The molecular formula is C17H16N2O4. The number of carbonyl (C=O) groups is 1. The maximum atomic E-state index is 11.2. The molecule has 1 N–H and O–H groups in total. The third kappa shape index (κ3) is 4.41. The van der Waals surface area contributed by atoms with Crippen LogP contribution in [-0.4, -0.2) is 17.9 Å². The Bertz CT molecular complexity index is 752. The largest absolute Gasteiger partial charge is 0.495 e. The zero-order valence-corrected chi connectivity index (χ0v) is 12.8. The number of nitrogens with one attached hydrogen (secondary N) is 1. The van der Waals surface area contributed by atoms with Crippen LogP contribution in [0.3, 0.4) is 0 Å². The van der Waals surface area contributed by atoms with Crippen LogP contribution in [0.15, 0.2) is 42.5 Å². The lowest BCUT2D eigenvalue weighted by Gasteiger charge is -2.09. The van der Waals surface area contributed by atoms with Crippen molar-refractivity contribution in [3.05, 3.63) is 63.7 Å². The van der Waals surface area contributed by atoms with Crippen LogP contribution in [0, 0.1) is 10.1 Å². The number of anilines is 1. The summed E-state index contributed by atoms with van der Waals surface area (Å²) >= 11 is 0. The molecule has 2 aromatic rings. The number of nitrogens with zero attached hydrogens (tertiary/aromatic N) is 1. The molecule has 0 saturated heterocycles. The van der Waals surface area contributed by atoms with Gasteiger partial charge in [0.1, 0.15) is 5.75 Å². The molecule has 6 heteroatoms. The summed E-state index contributed by atoms with van der Waals surface area (Å²) in [6.07, 6.45) is 3.69. The van der Waals surface area contributed by atoms with Gasteiger partial charge in [-0.05, 0) is 35.4 Å². The van der Waals surface area contributed by atoms with Gasteiger partial charge in [0.2, 0.25) is 5.91 Å². The zero-order valence-electron chi connectivity index (χ0n) is 12.8. The molecule has 23 heavy (non-hydrogen) atoms. The summed E-state index contributed by atoms with van der Waals surface area (Å²) in [7, 11) is 1.53. The van der Waals surface area contributed by atoms with Crippen molar-refractivity contribution >= 4 is 29.4 Å². The van der Waals surface area contributed by atoms with Crippen molar-refractivity contribution in [1.82, 2.24) is 0 Å². The van der Waals surface area contributed by atoms with Crippen molar-refractivity contribution in [1.29, 1.82) is 0 Å². The molecule has 0 bridgehead atoms. The third-order valence-corrected chi connectivity index (χ3v) is 3.11. The molecule has 118 valence electrons. The number of methoxy groups -OCH3 is 1. The van der Waals surface area contributed by atoms with E-state index in [0.717, 1.165) is 11.1 Å². The highest BCUT2D eigenvalue weighted by atomic mass is 16.6. The second-order valence-corrected chi connectivity index (χ2v) is 4.82. The van der Waals surface area contributed by atoms with Gasteiger partial charge in [-0.15, -0.1) is 0 Å². The summed E-state index contributed by atoms with van der Waals surface area (Å²) in [5, 5.41) is 13.3. The number of rotatable bonds is 5. The molecule has 0 atom stereocenters. The van der Waals surface area contributed by atoms with Gasteiger partial charge in [0, 0.05) is 19.1 Å². The Hall–Kier alpha value is -3.15. The van der Waals surface area contributed by atoms with Crippen LogP contribution in [0.5, 0.6) is 5.75 Å². The Morgan fingerprint density at radius 2 is 1.74 bits per heavy atom. The summed E-state index contributed by atoms with van der Waals surface area (Å²) in [6, 6.07) is 11.7. The van der Waals surface area contributed by atoms with Gasteiger partial charge in [-0.1, -0.05) is 18.2 Å². The minimum absolute atomic E-state index is 0.0551. The number of ether oxygens (including phenoxy) is 1. The van der Waals surface area contributed by atoms with Crippen molar-refractivity contribution in [2.45, 2.75) is 6.92 Å². The predicted molar refractivity (Wildman–Crippen MR) is 89.3 cm³/mol. The Labute approximate surface area is 133 Å². The van der Waals surface area contributed by atoms with Crippen LogP contribution in [0.2, 0.25) is 0 Å². The van der Waals surface area contributed by atoms with Gasteiger partial charge >= 0.3 is 0 Å². The SMILES string of the molecule is COc1ccc(/C=C/c2ccc([N+](=O)[O-])cc2)cc1NC(C)=O. The molecule has 0 aliphatic carbocycles. The Kier molecular flexibility index (Phi) is 5.09. The van der Waals surface area contributed by atoms with E-state index in [1.165, 1.54) is 26.2 Å². The monoisotopic (exact) mass is 312 g/mol. The number of benzene rings is 2. The summed E-state index contributed by atoms with van der Waals surface area (Å²) in [4.78, 5) is 21.4. The van der Waals surface area contributed by atoms with Crippen LogP contribution >= 0.6 is 0 Å². The summed E-state index contributed by atoms with van der Waals surface area (Å²) in [6.45, 7) is 1.43. The molecule has 2 rings (SSSR count). The topological polar surface area (TPSA) is 81.5 Å². The van der Waals surface area contributed by atoms with Gasteiger partial charge < -0.3 is 10.1 Å². The number of hydrogen-bond donors (Lipinski definition) is 1. The van der Waals surface area contributed by atoms with E-state index in [1.807, 2.05) is 18.2 Å². The molecule has 6 nitrogen and oxygen atoms in total. The fourth-order valence-corrected chi connectivity index (χ4v) is 2.02. The Morgan fingerprint density at radius 1 is 1.13 bits per heavy atom. The second kappa shape index (κ2) is 7.22. The summed E-state index contributed by atoms with van der Waals surface area (Å²) in [5.74, 6) is 0.396. The second-order valence-electron chi connectivity index (χ2n) is 4.82. The lowest BCUT2D eigenvalue weighted by Crippen LogP contribution is -2.07. The highest BCUT2D eigenvalue weighted by Crippen LogP contribution is 2.26. The van der Waals surface area contributed by atoms with Gasteiger partial charge in [0.25, 0.3) is 5.69 Å². The normalized spacial score (nSPS) is 10.5. The molecule has 0 radical (unpaired) electrons. The number of hydrogen-bond acceptors (Lipinski definition) is 4. The van der Waals surface area contributed by atoms with Crippen LogP contribution < -0.4 is 10.1 Å². The molecule has 0 fully saturated rings. The van der Waals surface area contributed by atoms with E-state index < -0.39 is 4.92 Å². The number of amides is 1. The highest BCUT2D eigenvalue weighted by Gasteiger charge is 2.05. The molecule has 0 saturated carbocycles. The quantitative estimate of drug-likeness (QED) is 0.518. The van der Waals surface area contributed by atoms with E-state index in [4.69, 9.17) is 4.74 Å². The average Bonchev–Trinajstić information content (AvgIpc) is 2.53. The van der Waals surface area contributed by atoms with E-state index in [2.05, 4.69) is 5.32 Å². The smallest absolute Gasteiger partial charge is 0.269 e. The number of nitro groups is 1. The van der Waals surface area contributed by atoms with Gasteiger partial charge in [-0.2, -0.15) is 0 Å². The number of carbonyl (C=O) groups excluding carboxylic acids is 1. The molecule has 1 amide bonds. The molecule has 0 aliphatic rings. The molecule has 2 aromatic carbocycles. The van der Waals surface area contributed by atoms with Crippen molar-refractivity contribution in [3.63, 3.8) is 0 Å². The zero-order chi connectivity index (χ0) is 16.8. The van der Waals surface area contributed by atoms with Crippen LogP contribution in [0.25, 0.3) is 12.2 Å². The summed E-state index contributed by atoms with van der Waals surface area (Å²) in [5.41, 5.74) is 2.35. The molecule has 0 aromatic heterocycles. The fraction of sp³-hybridized carbons (Fsp3) is 0.118. The molecule has 0 aliphatic heterocycles. The van der Waals surface area contributed by atoms with Gasteiger partial charge in [-0.3, -0.25) is 14.9 Å². The first-order chi connectivity index (χ1) is 11.0. The maximum Gasteiger partial charge on any atom is 0.269 e. The maximum absolute atomic E-state index is 11.2. The summed E-state index contributed by atoms with van der Waals surface area (Å²) < 4.78 is 5.20. The van der Waals surface area contributed by atoms with Crippen molar-refractivity contribution < 1.29 is 14.5 Å². The highest BCUT2D eigenvalue weighted by molar-refractivity contribution is 5.91. The molecule has 0 unspecified atom stereocenters. The van der Waals surface area contributed by atoms with Crippen LogP contribution in [-0.2, 0) is 4.79 Å². The van der Waals surface area contributed by atoms with Crippen molar-refractivity contribution in [3.8, 4) is 5.75 Å². The third-order valence-electron chi connectivity index (χ3n) is 3.11. The number of non-ortho nitro benzene ring substituents is 1. The minimum Gasteiger partial charge on any atom is -0.495 e. The first-order valence-electron chi connectivity index (χ1n) is 6.88.